The molecule has 0 fully saturated rings. The number of ether oxygens (including phenoxy) is 2. The summed E-state index contributed by atoms with van der Waals surface area (Å²) in [7, 11) is 0. The first-order chi connectivity index (χ1) is 9.08. The summed E-state index contributed by atoms with van der Waals surface area (Å²) in [5, 5.41) is 0. The smallest absolute Gasteiger partial charge is 0.338 e. The largest absolute Gasteiger partial charge is 0.463 e. The van der Waals surface area contributed by atoms with Gasteiger partial charge in [-0.05, 0) is 66.3 Å². The molecule has 0 N–H and O–H groups in total. The Labute approximate surface area is 125 Å². The first kappa shape index (κ1) is 15.7. The van der Waals surface area contributed by atoms with Crippen molar-refractivity contribution in [1.82, 2.24) is 0 Å². The van der Waals surface area contributed by atoms with Crippen LogP contribution in [-0.4, -0.2) is 25.2 Å². The van der Waals surface area contributed by atoms with Crippen LogP contribution in [0.4, 0.5) is 0 Å². The van der Waals surface area contributed by atoms with Gasteiger partial charge in [-0.3, -0.25) is 0 Å². The lowest BCUT2D eigenvalue weighted by atomic mass is 10.1. The van der Waals surface area contributed by atoms with Crippen molar-refractivity contribution in [2.75, 3.05) is 13.2 Å². The molecule has 1 aromatic carbocycles. The summed E-state index contributed by atoms with van der Waals surface area (Å²) >= 11 is 2.14. The van der Waals surface area contributed by atoms with E-state index in [9.17, 15) is 9.59 Å². The fraction of sp³-hybridized carbons (Fsp3) is 0.286. The summed E-state index contributed by atoms with van der Waals surface area (Å²) in [6, 6.07) is 5.31. The van der Waals surface area contributed by atoms with E-state index in [-0.39, 0.29) is 0 Å². The van der Waals surface area contributed by atoms with Gasteiger partial charge in [-0.25, -0.2) is 9.59 Å². The monoisotopic (exact) mass is 374 g/mol. The average Bonchev–Trinajstić information content (AvgIpc) is 2.37. The Morgan fingerprint density at radius 3 is 2.53 bits per heavy atom. The third-order valence-corrected chi connectivity index (χ3v) is 2.87. The number of carbonyl (C=O) groups excluding carboxylic acids is 2. The van der Waals surface area contributed by atoms with Crippen LogP contribution in [0, 0.1) is 3.57 Å². The molecule has 0 atom stereocenters. The minimum Gasteiger partial charge on any atom is -0.463 e. The van der Waals surface area contributed by atoms with E-state index in [4.69, 9.17) is 9.47 Å². The molecule has 0 saturated carbocycles. The summed E-state index contributed by atoms with van der Waals surface area (Å²) in [5.41, 5.74) is 1.07. The maximum absolute atomic E-state index is 11.8. The van der Waals surface area contributed by atoms with Gasteiger partial charge in [0.1, 0.15) is 0 Å². The molecule has 0 amide bonds. The number of hydrogen-bond donors (Lipinski definition) is 0. The molecule has 0 aliphatic heterocycles. The highest BCUT2D eigenvalue weighted by molar-refractivity contribution is 14.1. The Kier molecular flexibility index (Phi) is 6.55. The summed E-state index contributed by atoms with van der Waals surface area (Å²) in [4.78, 5) is 23.1. The van der Waals surface area contributed by atoms with Crippen molar-refractivity contribution in [1.29, 1.82) is 0 Å². The second-order valence-corrected chi connectivity index (χ2v) is 4.78. The molecule has 0 spiro atoms. The summed E-state index contributed by atoms with van der Waals surface area (Å²) < 4.78 is 10.7. The third kappa shape index (κ3) is 5.02. The van der Waals surface area contributed by atoms with Crippen molar-refractivity contribution in [3.05, 3.63) is 39.0 Å². The molecule has 0 radical (unpaired) electrons. The normalized spacial score (nSPS) is 10.5. The molecule has 5 heteroatoms. The Hall–Kier alpha value is -1.37. The number of benzene rings is 1. The zero-order chi connectivity index (χ0) is 14.3. The van der Waals surface area contributed by atoms with E-state index in [0.29, 0.717) is 24.3 Å². The number of esters is 2. The van der Waals surface area contributed by atoms with Crippen LogP contribution >= 0.6 is 22.6 Å². The number of hydrogen-bond acceptors (Lipinski definition) is 4. The minimum atomic E-state index is -0.434. The molecule has 0 aliphatic carbocycles. The van der Waals surface area contributed by atoms with E-state index in [0.717, 1.165) is 3.57 Å². The van der Waals surface area contributed by atoms with Gasteiger partial charge in [-0.15, -0.1) is 0 Å². The predicted octanol–water partition coefficient (Wildman–Crippen LogP) is 3.04. The molecule has 0 unspecified atom stereocenters. The first-order valence-corrected chi connectivity index (χ1v) is 6.97. The Bertz CT molecular complexity index is 494. The molecule has 19 heavy (non-hydrogen) atoms. The van der Waals surface area contributed by atoms with Gasteiger partial charge in [0, 0.05) is 9.65 Å². The van der Waals surface area contributed by atoms with Gasteiger partial charge in [-0.1, -0.05) is 0 Å². The lowest BCUT2D eigenvalue weighted by Gasteiger charge is -2.06. The first-order valence-electron chi connectivity index (χ1n) is 5.90. The SMILES string of the molecule is CCOC(=O)/C=C/c1cc(I)ccc1C(=O)OCC. The maximum atomic E-state index is 11.8. The van der Waals surface area contributed by atoms with Gasteiger partial charge in [0.05, 0.1) is 18.8 Å². The van der Waals surface area contributed by atoms with Gasteiger partial charge in [0.2, 0.25) is 0 Å². The quantitative estimate of drug-likeness (QED) is 0.452. The zero-order valence-corrected chi connectivity index (χ0v) is 13.0. The summed E-state index contributed by atoms with van der Waals surface area (Å²) in [6.45, 7) is 4.12. The van der Waals surface area contributed by atoms with Crippen molar-refractivity contribution >= 4 is 40.6 Å². The van der Waals surface area contributed by atoms with Crippen LogP contribution < -0.4 is 0 Å². The second-order valence-electron chi connectivity index (χ2n) is 3.54. The van der Waals surface area contributed by atoms with Gasteiger partial charge < -0.3 is 9.47 Å². The van der Waals surface area contributed by atoms with E-state index in [1.54, 1.807) is 26.0 Å². The van der Waals surface area contributed by atoms with Crippen molar-refractivity contribution < 1.29 is 19.1 Å². The number of rotatable bonds is 5. The molecular weight excluding hydrogens is 359 g/mol. The maximum Gasteiger partial charge on any atom is 0.338 e. The van der Waals surface area contributed by atoms with E-state index >= 15 is 0 Å². The average molecular weight is 374 g/mol. The zero-order valence-electron chi connectivity index (χ0n) is 10.8. The van der Waals surface area contributed by atoms with Crippen LogP contribution in [0.1, 0.15) is 29.8 Å². The Morgan fingerprint density at radius 2 is 1.89 bits per heavy atom. The molecule has 0 aliphatic rings. The molecule has 1 aromatic rings. The van der Waals surface area contributed by atoms with Crippen molar-refractivity contribution in [2.45, 2.75) is 13.8 Å². The molecule has 0 saturated heterocycles. The molecular formula is C14H15IO4. The van der Waals surface area contributed by atoms with Crippen molar-refractivity contribution in [3.63, 3.8) is 0 Å². The van der Waals surface area contributed by atoms with Crippen LogP contribution in [0.15, 0.2) is 24.3 Å². The van der Waals surface area contributed by atoms with Crippen LogP contribution in [0.2, 0.25) is 0 Å². The van der Waals surface area contributed by atoms with E-state index in [2.05, 4.69) is 22.6 Å². The predicted molar refractivity (Wildman–Crippen MR) is 80.8 cm³/mol. The van der Waals surface area contributed by atoms with E-state index in [1.807, 2.05) is 12.1 Å². The molecule has 0 aromatic heterocycles. The van der Waals surface area contributed by atoms with Crippen LogP contribution in [0.25, 0.3) is 6.08 Å². The summed E-state index contributed by atoms with van der Waals surface area (Å²) in [6.07, 6.45) is 2.87. The number of carbonyl (C=O) groups is 2. The Balaban J connectivity index is 3.00. The molecule has 102 valence electrons. The lowest BCUT2D eigenvalue weighted by molar-refractivity contribution is -0.137. The van der Waals surface area contributed by atoms with Gasteiger partial charge >= 0.3 is 11.9 Å². The molecule has 0 heterocycles. The topological polar surface area (TPSA) is 52.6 Å². The number of halogens is 1. The highest BCUT2D eigenvalue weighted by Crippen LogP contribution is 2.17. The fourth-order valence-corrected chi connectivity index (χ4v) is 1.93. The van der Waals surface area contributed by atoms with Gasteiger partial charge in [0.25, 0.3) is 0 Å². The van der Waals surface area contributed by atoms with Crippen LogP contribution in [-0.2, 0) is 14.3 Å². The molecule has 1 rings (SSSR count). The molecule has 4 nitrogen and oxygen atoms in total. The van der Waals surface area contributed by atoms with Gasteiger partial charge in [0.15, 0.2) is 0 Å². The van der Waals surface area contributed by atoms with E-state index in [1.165, 1.54) is 6.08 Å². The summed E-state index contributed by atoms with van der Waals surface area (Å²) in [5.74, 6) is -0.835. The highest BCUT2D eigenvalue weighted by atomic mass is 127. The van der Waals surface area contributed by atoms with Crippen molar-refractivity contribution in [2.24, 2.45) is 0 Å². The Morgan fingerprint density at radius 1 is 1.21 bits per heavy atom. The second kappa shape index (κ2) is 7.93. The fourth-order valence-electron chi connectivity index (χ4n) is 1.41. The van der Waals surface area contributed by atoms with Crippen LogP contribution in [0.3, 0.4) is 0 Å². The third-order valence-electron chi connectivity index (χ3n) is 2.19. The lowest BCUT2D eigenvalue weighted by Crippen LogP contribution is -2.07. The van der Waals surface area contributed by atoms with Crippen LogP contribution in [0.5, 0.6) is 0 Å². The van der Waals surface area contributed by atoms with Crippen molar-refractivity contribution in [3.8, 4) is 0 Å². The standard InChI is InChI=1S/C14H15IO4/c1-3-18-13(16)8-5-10-9-11(15)6-7-12(10)14(17)19-4-2/h5-9H,3-4H2,1-2H3/b8-5+. The van der Waals surface area contributed by atoms with E-state index < -0.39 is 11.9 Å². The van der Waals surface area contributed by atoms with Gasteiger partial charge in [-0.2, -0.15) is 0 Å². The highest BCUT2D eigenvalue weighted by Gasteiger charge is 2.11. The minimum absolute atomic E-state index is 0.311. The molecule has 0 bridgehead atoms.